The Labute approximate surface area is 117 Å². The van der Waals surface area contributed by atoms with Crippen molar-refractivity contribution in [2.45, 2.75) is 32.7 Å². The molecule has 0 spiro atoms. The van der Waals surface area contributed by atoms with Crippen molar-refractivity contribution in [3.8, 4) is 5.88 Å². The van der Waals surface area contributed by atoms with Gasteiger partial charge in [0.05, 0.1) is 18.6 Å². The normalized spacial score (nSPS) is 12.1. The molecular weight excluding hydrogens is 256 g/mol. The number of aryl methyl sites for hydroxylation is 1. The van der Waals surface area contributed by atoms with Crippen LogP contribution in [0.1, 0.15) is 36.9 Å². The van der Waals surface area contributed by atoms with Gasteiger partial charge < -0.3 is 9.84 Å². The van der Waals surface area contributed by atoms with Gasteiger partial charge in [-0.1, -0.05) is 37.6 Å². The Morgan fingerprint density at radius 2 is 2.20 bits per heavy atom. The summed E-state index contributed by atoms with van der Waals surface area (Å²) in [5, 5.41) is 8.78. The van der Waals surface area contributed by atoms with Crippen LogP contribution < -0.4 is 4.74 Å². The molecule has 2 rings (SSSR count). The number of hydrogen-bond donors (Lipinski definition) is 1. The van der Waals surface area contributed by atoms with E-state index in [4.69, 9.17) is 9.84 Å². The van der Waals surface area contributed by atoms with Crippen LogP contribution in [0.5, 0.6) is 5.88 Å². The van der Waals surface area contributed by atoms with Gasteiger partial charge in [-0.2, -0.15) is 0 Å². The third-order valence-corrected chi connectivity index (χ3v) is 3.27. The number of carbonyl (C=O) groups is 1. The minimum absolute atomic E-state index is 0.0260. The van der Waals surface area contributed by atoms with Crippen LogP contribution in [0.2, 0.25) is 0 Å². The first-order chi connectivity index (χ1) is 9.63. The van der Waals surface area contributed by atoms with Crippen LogP contribution in [0.3, 0.4) is 0 Å². The van der Waals surface area contributed by atoms with E-state index in [1.54, 1.807) is 10.9 Å². The van der Waals surface area contributed by atoms with E-state index in [1.807, 2.05) is 25.1 Å². The predicted molar refractivity (Wildman–Crippen MR) is 75.1 cm³/mol. The van der Waals surface area contributed by atoms with Crippen LogP contribution >= 0.6 is 0 Å². The van der Waals surface area contributed by atoms with E-state index in [0.717, 1.165) is 18.4 Å². The summed E-state index contributed by atoms with van der Waals surface area (Å²) in [6.45, 7) is 4.15. The summed E-state index contributed by atoms with van der Waals surface area (Å²) in [6, 6.07) is 8.11. The topological polar surface area (TPSA) is 64.4 Å². The van der Waals surface area contributed by atoms with Crippen molar-refractivity contribution in [3.63, 3.8) is 0 Å². The van der Waals surface area contributed by atoms with Gasteiger partial charge in [-0.05, 0) is 24.5 Å². The zero-order valence-electron chi connectivity index (χ0n) is 11.6. The van der Waals surface area contributed by atoms with E-state index in [2.05, 4.69) is 18.0 Å². The molecule has 0 radical (unpaired) electrons. The van der Waals surface area contributed by atoms with Crippen LogP contribution in [0, 0.1) is 6.92 Å². The van der Waals surface area contributed by atoms with Crippen LogP contribution in [-0.2, 0) is 0 Å². The third kappa shape index (κ3) is 2.99. The molecule has 0 amide bonds. The fourth-order valence-electron chi connectivity index (χ4n) is 2.37. The highest BCUT2D eigenvalue weighted by atomic mass is 16.7. The van der Waals surface area contributed by atoms with E-state index < -0.39 is 6.16 Å². The molecule has 1 unspecified atom stereocenters. The van der Waals surface area contributed by atoms with Gasteiger partial charge in [0.25, 0.3) is 0 Å². The fourth-order valence-corrected chi connectivity index (χ4v) is 2.37. The molecule has 0 aliphatic heterocycles. The largest absolute Gasteiger partial charge is 0.512 e. The van der Waals surface area contributed by atoms with Crippen molar-refractivity contribution in [1.82, 2.24) is 9.55 Å². The zero-order chi connectivity index (χ0) is 14.5. The molecule has 106 valence electrons. The molecule has 1 aromatic heterocycles. The number of rotatable bonds is 5. The standard InChI is InChI=1S/C15H18N2O3/c1-3-6-13(12-8-5-4-7-11(12)2)17-10-16-9-14(17)20-15(18)19/h4-5,7-10,13H,3,6H2,1-2H3,(H,18,19). The van der Waals surface area contributed by atoms with Gasteiger partial charge in [0.2, 0.25) is 5.88 Å². The lowest BCUT2D eigenvalue weighted by atomic mass is 9.97. The Hall–Kier alpha value is -2.30. The first-order valence-electron chi connectivity index (χ1n) is 6.61. The monoisotopic (exact) mass is 274 g/mol. The number of imidazole rings is 1. The van der Waals surface area contributed by atoms with Gasteiger partial charge in [0, 0.05) is 0 Å². The Morgan fingerprint density at radius 3 is 2.85 bits per heavy atom. The molecule has 20 heavy (non-hydrogen) atoms. The lowest BCUT2D eigenvalue weighted by Crippen LogP contribution is -2.15. The van der Waals surface area contributed by atoms with E-state index >= 15 is 0 Å². The summed E-state index contributed by atoms with van der Waals surface area (Å²) in [7, 11) is 0. The van der Waals surface area contributed by atoms with Crippen molar-refractivity contribution in [2.75, 3.05) is 0 Å². The second-order valence-electron chi connectivity index (χ2n) is 4.67. The maximum atomic E-state index is 10.7. The molecule has 1 heterocycles. The van der Waals surface area contributed by atoms with Crippen LogP contribution in [0.15, 0.2) is 36.8 Å². The van der Waals surface area contributed by atoms with Crippen LogP contribution in [0.25, 0.3) is 0 Å². The molecule has 5 nitrogen and oxygen atoms in total. The lowest BCUT2D eigenvalue weighted by Gasteiger charge is -2.21. The fraction of sp³-hybridized carbons (Fsp3) is 0.333. The summed E-state index contributed by atoms with van der Waals surface area (Å²) < 4.78 is 6.57. The maximum Gasteiger partial charge on any atom is 0.512 e. The Bertz CT molecular complexity index is 592. The van der Waals surface area contributed by atoms with Crippen molar-refractivity contribution < 1.29 is 14.6 Å². The second-order valence-corrected chi connectivity index (χ2v) is 4.67. The zero-order valence-corrected chi connectivity index (χ0v) is 11.6. The smallest absolute Gasteiger partial charge is 0.449 e. The Morgan fingerprint density at radius 1 is 1.45 bits per heavy atom. The summed E-state index contributed by atoms with van der Waals surface area (Å²) in [4.78, 5) is 14.7. The van der Waals surface area contributed by atoms with Gasteiger partial charge in [-0.25, -0.2) is 9.78 Å². The number of aromatic nitrogens is 2. The number of carboxylic acid groups (broad SMARTS) is 1. The molecule has 0 aliphatic carbocycles. The molecule has 0 fully saturated rings. The first-order valence-corrected chi connectivity index (χ1v) is 6.61. The van der Waals surface area contributed by atoms with Crippen LogP contribution in [-0.4, -0.2) is 20.8 Å². The summed E-state index contributed by atoms with van der Waals surface area (Å²) >= 11 is 0. The molecule has 1 atom stereocenters. The molecule has 0 aliphatic rings. The number of benzene rings is 1. The number of nitrogens with zero attached hydrogens (tertiary/aromatic N) is 2. The molecule has 2 aromatic rings. The van der Waals surface area contributed by atoms with Gasteiger partial charge in [0.15, 0.2) is 0 Å². The molecule has 5 heteroatoms. The molecular formula is C15H18N2O3. The summed E-state index contributed by atoms with van der Waals surface area (Å²) in [5.41, 5.74) is 2.32. The lowest BCUT2D eigenvalue weighted by molar-refractivity contribution is 0.140. The molecule has 1 N–H and O–H groups in total. The summed E-state index contributed by atoms with van der Waals surface area (Å²) in [5.74, 6) is 0.249. The van der Waals surface area contributed by atoms with E-state index in [0.29, 0.717) is 0 Å². The first kappa shape index (κ1) is 14.1. The molecule has 0 bridgehead atoms. The highest BCUT2D eigenvalue weighted by Gasteiger charge is 2.19. The van der Waals surface area contributed by atoms with Gasteiger partial charge in [-0.15, -0.1) is 0 Å². The van der Waals surface area contributed by atoms with Gasteiger partial charge in [0.1, 0.15) is 0 Å². The van der Waals surface area contributed by atoms with Crippen molar-refractivity contribution in [2.24, 2.45) is 0 Å². The molecule has 0 saturated heterocycles. The molecule has 1 aromatic carbocycles. The number of ether oxygens (including phenoxy) is 1. The summed E-state index contributed by atoms with van der Waals surface area (Å²) in [6.07, 6.45) is 3.58. The van der Waals surface area contributed by atoms with Crippen molar-refractivity contribution in [3.05, 3.63) is 47.9 Å². The van der Waals surface area contributed by atoms with E-state index in [9.17, 15) is 4.79 Å². The third-order valence-electron chi connectivity index (χ3n) is 3.27. The average Bonchev–Trinajstić information content (AvgIpc) is 2.84. The maximum absolute atomic E-state index is 10.7. The van der Waals surface area contributed by atoms with Crippen molar-refractivity contribution in [1.29, 1.82) is 0 Å². The predicted octanol–water partition coefficient (Wildman–Crippen LogP) is 3.64. The highest BCUT2D eigenvalue weighted by Crippen LogP contribution is 2.30. The minimum atomic E-state index is -1.33. The molecule has 0 saturated carbocycles. The number of hydrogen-bond acceptors (Lipinski definition) is 3. The minimum Gasteiger partial charge on any atom is -0.449 e. The van der Waals surface area contributed by atoms with E-state index in [1.165, 1.54) is 11.8 Å². The van der Waals surface area contributed by atoms with Crippen molar-refractivity contribution >= 4 is 6.16 Å². The highest BCUT2D eigenvalue weighted by molar-refractivity contribution is 5.60. The Kier molecular flexibility index (Phi) is 4.40. The Balaban J connectivity index is 2.41. The van der Waals surface area contributed by atoms with Crippen LogP contribution in [0.4, 0.5) is 4.79 Å². The second kappa shape index (κ2) is 6.23. The quantitative estimate of drug-likeness (QED) is 0.845. The van der Waals surface area contributed by atoms with Gasteiger partial charge in [-0.3, -0.25) is 4.57 Å². The van der Waals surface area contributed by atoms with Gasteiger partial charge >= 0.3 is 6.16 Å². The average molecular weight is 274 g/mol. The SMILES string of the molecule is CCCC(c1ccccc1C)n1cncc1OC(=O)O. The van der Waals surface area contributed by atoms with E-state index in [-0.39, 0.29) is 11.9 Å².